The van der Waals surface area contributed by atoms with Crippen molar-refractivity contribution >= 4 is 17.4 Å². The molecule has 6 nitrogen and oxygen atoms in total. The highest BCUT2D eigenvalue weighted by Gasteiger charge is 2.32. The van der Waals surface area contributed by atoms with Crippen molar-refractivity contribution in [2.75, 3.05) is 19.8 Å². The van der Waals surface area contributed by atoms with Gasteiger partial charge in [0.05, 0.1) is 26.4 Å². The quantitative estimate of drug-likeness (QED) is 0.560. The maximum Gasteiger partial charge on any atom is 0.205 e. The summed E-state index contributed by atoms with van der Waals surface area (Å²) in [5.41, 5.74) is 0.706. The first-order valence-corrected chi connectivity index (χ1v) is 9.40. The van der Waals surface area contributed by atoms with Crippen LogP contribution in [0, 0.1) is 12.4 Å². The van der Waals surface area contributed by atoms with Crippen molar-refractivity contribution in [1.29, 1.82) is 0 Å². The number of pyridine rings is 1. The van der Waals surface area contributed by atoms with Crippen LogP contribution < -0.4 is 0 Å². The summed E-state index contributed by atoms with van der Waals surface area (Å²) in [4.78, 5) is 24.5. The van der Waals surface area contributed by atoms with Gasteiger partial charge >= 0.3 is 0 Å². The van der Waals surface area contributed by atoms with Gasteiger partial charge in [-0.2, -0.15) is 0 Å². The zero-order valence-electron chi connectivity index (χ0n) is 16.4. The number of aliphatic imine (C=N–C) groups is 1. The van der Waals surface area contributed by atoms with E-state index in [0.29, 0.717) is 42.3 Å². The van der Waals surface area contributed by atoms with E-state index in [-0.39, 0.29) is 24.5 Å². The average Bonchev–Trinajstić information content (AvgIpc) is 2.91. The van der Waals surface area contributed by atoms with Gasteiger partial charge in [0.25, 0.3) is 0 Å². The lowest BCUT2D eigenvalue weighted by Crippen LogP contribution is -2.27. The lowest BCUT2D eigenvalue weighted by atomic mass is 9.90. The minimum absolute atomic E-state index is 0.0661. The van der Waals surface area contributed by atoms with Gasteiger partial charge in [0.15, 0.2) is 11.7 Å². The van der Waals surface area contributed by atoms with Crippen LogP contribution in [0.3, 0.4) is 0 Å². The standard InChI is InChI=1S/C22H22FN3O3/c1-4-29-21-9-10-28-14-22(2,26-21)17-11-15(5-7-18(17)23)12-20(27)19-8-6-16(24-3)13-25-19/h5-8,11,13H,4,9-10,12,14H2,1-2H3/t22-/m0/s1. The molecule has 0 saturated heterocycles. The fourth-order valence-electron chi connectivity index (χ4n) is 3.19. The van der Waals surface area contributed by atoms with Crippen LogP contribution in [0.4, 0.5) is 10.1 Å². The third-order valence-electron chi connectivity index (χ3n) is 4.66. The zero-order valence-corrected chi connectivity index (χ0v) is 16.4. The Balaban J connectivity index is 1.88. The first kappa shape index (κ1) is 20.6. The van der Waals surface area contributed by atoms with Crippen LogP contribution in [0.2, 0.25) is 0 Å². The largest absolute Gasteiger partial charge is 0.481 e. The van der Waals surface area contributed by atoms with Crippen molar-refractivity contribution in [2.24, 2.45) is 4.99 Å². The fourth-order valence-corrected chi connectivity index (χ4v) is 3.19. The summed E-state index contributed by atoms with van der Waals surface area (Å²) in [5.74, 6) is -0.0781. The highest BCUT2D eigenvalue weighted by Crippen LogP contribution is 2.31. The van der Waals surface area contributed by atoms with Crippen molar-refractivity contribution in [3.8, 4) is 0 Å². The number of ketones is 1. The van der Waals surface area contributed by atoms with Crippen molar-refractivity contribution in [2.45, 2.75) is 32.2 Å². The molecule has 1 aliphatic rings. The third-order valence-corrected chi connectivity index (χ3v) is 4.66. The van der Waals surface area contributed by atoms with Gasteiger partial charge in [0.2, 0.25) is 5.69 Å². The Kier molecular flexibility index (Phi) is 6.35. The number of Topliss-reactive ketones (excluding diaryl/α,β-unsaturated/α-hetero) is 1. The van der Waals surface area contributed by atoms with E-state index in [1.54, 1.807) is 25.1 Å². The number of carbonyl (C=O) groups is 1. The number of halogens is 1. The molecule has 7 heteroatoms. The van der Waals surface area contributed by atoms with Crippen LogP contribution >= 0.6 is 0 Å². The number of rotatable bonds is 5. The molecular weight excluding hydrogens is 373 g/mol. The second-order valence-electron chi connectivity index (χ2n) is 6.94. The van der Waals surface area contributed by atoms with Crippen molar-refractivity contribution in [1.82, 2.24) is 4.98 Å². The summed E-state index contributed by atoms with van der Waals surface area (Å²) in [5, 5.41) is 0. The molecule has 0 N–H and O–H groups in total. The van der Waals surface area contributed by atoms with E-state index >= 15 is 0 Å². The molecule has 150 valence electrons. The molecule has 0 aliphatic carbocycles. The van der Waals surface area contributed by atoms with Crippen molar-refractivity contribution in [3.63, 3.8) is 0 Å². The molecule has 2 heterocycles. The van der Waals surface area contributed by atoms with Crippen LogP contribution in [0.25, 0.3) is 4.85 Å². The number of hydrogen-bond acceptors (Lipinski definition) is 5. The van der Waals surface area contributed by atoms with Crippen LogP contribution in [0.5, 0.6) is 0 Å². The molecule has 0 bridgehead atoms. The predicted octanol–water partition coefficient (Wildman–Crippen LogP) is 4.27. The maximum absolute atomic E-state index is 14.7. The average molecular weight is 395 g/mol. The summed E-state index contributed by atoms with van der Waals surface area (Å²) in [6.07, 6.45) is 1.97. The van der Waals surface area contributed by atoms with E-state index in [0.717, 1.165) is 0 Å². The molecular formula is C22H22FN3O3. The summed E-state index contributed by atoms with van der Waals surface area (Å²) >= 11 is 0. The number of ether oxygens (including phenoxy) is 2. The van der Waals surface area contributed by atoms with E-state index in [1.807, 2.05) is 6.92 Å². The van der Waals surface area contributed by atoms with Gasteiger partial charge < -0.3 is 9.47 Å². The Labute approximate surface area is 169 Å². The predicted molar refractivity (Wildman–Crippen MR) is 107 cm³/mol. The zero-order chi connectivity index (χ0) is 20.9. The van der Waals surface area contributed by atoms with Crippen LogP contribution in [-0.2, 0) is 21.4 Å². The minimum Gasteiger partial charge on any atom is -0.481 e. The monoisotopic (exact) mass is 395 g/mol. The molecule has 2 aromatic rings. The summed E-state index contributed by atoms with van der Waals surface area (Å²) < 4.78 is 25.9. The lowest BCUT2D eigenvalue weighted by Gasteiger charge is -2.25. The van der Waals surface area contributed by atoms with Gasteiger partial charge in [-0.1, -0.05) is 12.1 Å². The Hall–Kier alpha value is -3.11. The first-order chi connectivity index (χ1) is 13.9. The van der Waals surface area contributed by atoms with Gasteiger partial charge in [-0.25, -0.2) is 14.2 Å². The van der Waals surface area contributed by atoms with Crippen LogP contribution in [0.15, 0.2) is 41.5 Å². The summed E-state index contributed by atoms with van der Waals surface area (Å²) in [6.45, 7) is 11.8. The van der Waals surface area contributed by atoms with Crippen LogP contribution in [0.1, 0.15) is 41.9 Å². The second-order valence-corrected chi connectivity index (χ2v) is 6.94. The molecule has 0 amide bonds. The van der Waals surface area contributed by atoms with E-state index in [2.05, 4.69) is 14.8 Å². The van der Waals surface area contributed by atoms with E-state index in [1.165, 1.54) is 18.3 Å². The Bertz CT molecular complexity index is 966. The molecule has 1 aromatic carbocycles. The van der Waals surface area contributed by atoms with Gasteiger partial charge in [-0.3, -0.25) is 9.78 Å². The van der Waals surface area contributed by atoms with E-state index < -0.39 is 11.4 Å². The third kappa shape index (κ3) is 4.84. The topological polar surface area (TPSA) is 65.1 Å². The summed E-state index contributed by atoms with van der Waals surface area (Å²) in [7, 11) is 0. The fraction of sp³-hybridized carbons (Fsp3) is 0.364. The van der Waals surface area contributed by atoms with Gasteiger partial charge in [-0.05, 0) is 37.6 Å². The number of carbonyl (C=O) groups excluding carboxylic acids is 1. The Morgan fingerprint density at radius 3 is 2.90 bits per heavy atom. The molecule has 29 heavy (non-hydrogen) atoms. The molecule has 1 atom stereocenters. The maximum atomic E-state index is 14.7. The number of nitrogens with zero attached hydrogens (tertiary/aromatic N) is 3. The van der Waals surface area contributed by atoms with E-state index in [4.69, 9.17) is 16.0 Å². The first-order valence-electron chi connectivity index (χ1n) is 9.40. The molecule has 0 unspecified atom stereocenters. The Morgan fingerprint density at radius 1 is 1.38 bits per heavy atom. The lowest BCUT2D eigenvalue weighted by molar-refractivity contribution is 0.0987. The molecule has 3 rings (SSSR count). The van der Waals surface area contributed by atoms with Crippen LogP contribution in [-0.4, -0.2) is 36.5 Å². The highest BCUT2D eigenvalue weighted by atomic mass is 19.1. The molecule has 0 spiro atoms. The number of benzene rings is 1. The molecule has 0 radical (unpaired) electrons. The molecule has 0 fully saturated rings. The van der Waals surface area contributed by atoms with Crippen molar-refractivity contribution in [3.05, 3.63) is 70.6 Å². The second kappa shape index (κ2) is 8.93. The Morgan fingerprint density at radius 2 is 2.21 bits per heavy atom. The summed E-state index contributed by atoms with van der Waals surface area (Å²) in [6, 6.07) is 7.66. The molecule has 1 aromatic heterocycles. The van der Waals surface area contributed by atoms with Gasteiger partial charge in [0, 0.05) is 24.6 Å². The normalized spacial score (nSPS) is 19.0. The van der Waals surface area contributed by atoms with Crippen molar-refractivity contribution < 1.29 is 18.7 Å². The van der Waals surface area contributed by atoms with E-state index in [9.17, 15) is 9.18 Å². The van der Waals surface area contributed by atoms with Gasteiger partial charge in [0.1, 0.15) is 17.1 Å². The minimum atomic E-state index is -0.945. The van der Waals surface area contributed by atoms with Gasteiger partial charge in [-0.15, -0.1) is 0 Å². The highest BCUT2D eigenvalue weighted by molar-refractivity contribution is 5.96. The molecule has 1 aliphatic heterocycles. The number of hydrogen-bond donors (Lipinski definition) is 0. The SMILES string of the molecule is [C-]#[N+]c1ccc(C(=O)Cc2ccc(F)c([C@]3(C)COCCC(OCC)=N3)c2)nc1. The molecule has 0 saturated carbocycles. The smallest absolute Gasteiger partial charge is 0.205 e. The number of aromatic nitrogens is 1.